The minimum absolute atomic E-state index is 0.678. The highest BCUT2D eigenvalue weighted by molar-refractivity contribution is 5.92. The Morgan fingerprint density at radius 1 is 0.812 bits per heavy atom. The van der Waals surface area contributed by atoms with Crippen molar-refractivity contribution in [1.82, 2.24) is 0 Å². The average Bonchev–Trinajstić information content (AvgIpc) is 2.27. The molecule has 0 aliphatic carbocycles. The van der Waals surface area contributed by atoms with Crippen LogP contribution in [0.25, 0.3) is 0 Å². The number of carbonyl (C=O) groups excluding carboxylic acids is 2. The molecule has 0 N–H and O–H groups in total. The Hall–Kier alpha value is -2.36. The maximum atomic E-state index is 10.9. The zero-order valence-electron chi connectivity index (χ0n) is 8.67. The van der Waals surface area contributed by atoms with Gasteiger partial charge in [-0.15, -0.1) is 0 Å². The molecule has 0 rings (SSSR count). The van der Waals surface area contributed by atoms with Crippen molar-refractivity contribution in [2.75, 3.05) is 0 Å². The van der Waals surface area contributed by atoms with Crippen LogP contribution in [-0.2, 0) is 19.1 Å². The lowest BCUT2D eigenvalue weighted by Crippen LogP contribution is -1.98. The lowest BCUT2D eigenvalue weighted by atomic mass is 10.5. The van der Waals surface area contributed by atoms with Crippen LogP contribution in [0, 0.1) is 0 Å². The molecule has 0 unspecified atom stereocenters. The third-order valence-electron chi connectivity index (χ3n) is 1.15. The van der Waals surface area contributed by atoms with Crippen LogP contribution in [0.1, 0.15) is 0 Å². The molecule has 0 aliphatic heterocycles. The maximum Gasteiger partial charge on any atom is 0.335 e. The Morgan fingerprint density at radius 3 is 1.50 bits per heavy atom. The highest BCUT2D eigenvalue weighted by atomic mass is 16.5. The topological polar surface area (TPSA) is 52.6 Å². The largest absolute Gasteiger partial charge is 0.431 e. The molecule has 0 heterocycles. The molecule has 0 bridgehead atoms. The van der Waals surface area contributed by atoms with Crippen molar-refractivity contribution in [3.8, 4) is 0 Å². The highest BCUT2D eigenvalue weighted by Gasteiger charge is 1.97. The van der Waals surface area contributed by atoms with Crippen molar-refractivity contribution in [1.29, 1.82) is 0 Å². The number of carbonyl (C=O) groups is 2. The van der Waals surface area contributed by atoms with E-state index >= 15 is 0 Å². The van der Waals surface area contributed by atoms with Gasteiger partial charge >= 0.3 is 11.9 Å². The van der Waals surface area contributed by atoms with Crippen molar-refractivity contribution in [3.05, 3.63) is 62.1 Å². The Bertz CT molecular complexity index is 314. The number of rotatable bonds is 6. The molecular weight excluding hydrogens is 208 g/mol. The molecule has 0 atom stereocenters. The zero-order chi connectivity index (χ0) is 12.2. The summed E-state index contributed by atoms with van der Waals surface area (Å²) in [6.07, 6.45) is 10.0. The zero-order valence-corrected chi connectivity index (χ0v) is 8.67. The first-order valence-electron chi connectivity index (χ1n) is 4.35. The summed E-state index contributed by atoms with van der Waals surface area (Å²) in [4.78, 5) is 21.8. The molecule has 0 aromatic carbocycles. The second kappa shape index (κ2) is 9.21. The van der Waals surface area contributed by atoms with Gasteiger partial charge in [-0.3, -0.25) is 0 Å². The highest BCUT2D eigenvalue weighted by Crippen LogP contribution is 1.88. The van der Waals surface area contributed by atoms with Crippen LogP contribution in [0.4, 0.5) is 0 Å². The molecule has 0 amide bonds. The lowest BCUT2D eigenvalue weighted by Gasteiger charge is -1.92. The molecule has 0 radical (unpaired) electrons. The summed E-state index contributed by atoms with van der Waals surface area (Å²) in [5.74, 6) is -1.36. The van der Waals surface area contributed by atoms with Gasteiger partial charge in [0.2, 0.25) is 0 Å². The van der Waals surface area contributed by atoms with Gasteiger partial charge in [-0.2, -0.15) is 0 Å². The molecule has 0 aromatic rings. The minimum atomic E-state index is -0.678. The second-order valence-electron chi connectivity index (χ2n) is 2.34. The van der Waals surface area contributed by atoms with E-state index in [0.717, 1.165) is 24.7 Å². The van der Waals surface area contributed by atoms with Crippen LogP contribution in [-0.4, -0.2) is 11.9 Å². The minimum Gasteiger partial charge on any atom is -0.431 e. The standard InChI is InChI=1S/C12H12O4/c1-3-5-9-15-11(13)7-8-12(14)16-10-6-4-2/h3-10H,1-2H2/b8-7-,9-5?,10-6?. The van der Waals surface area contributed by atoms with Crippen molar-refractivity contribution in [2.45, 2.75) is 0 Å². The van der Waals surface area contributed by atoms with Crippen molar-refractivity contribution < 1.29 is 19.1 Å². The van der Waals surface area contributed by atoms with Crippen LogP contribution in [0.15, 0.2) is 62.1 Å². The molecule has 0 fully saturated rings. The first-order valence-corrected chi connectivity index (χ1v) is 4.35. The summed E-state index contributed by atoms with van der Waals surface area (Å²) in [7, 11) is 0. The summed E-state index contributed by atoms with van der Waals surface area (Å²) in [6, 6.07) is 0. The van der Waals surface area contributed by atoms with Gasteiger partial charge in [0.15, 0.2) is 0 Å². The van der Waals surface area contributed by atoms with Crippen LogP contribution >= 0.6 is 0 Å². The van der Waals surface area contributed by atoms with Crippen LogP contribution in [0.3, 0.4) is 0 Å². The van der Waals surface area contributed by atoms with Gasteiger partial charge in [0.1, 0.15) is 0 Å². The van der Waals surface area contributed by atoms with E-state index in [1.165, 1.54) is 24.3 Å². The van der Waals surface area contributed by atoms with Gasteiger partial charge in [-0.1, -0.05) is 25.3 Å². The second-order valence-corrected chi connectivity index (χ2v) is 2.34. The molecule has 84 valence electrons. The van der Waals surface area contributed by atoms with E-state index in [1.54, 1.807) is 0 Å². The van der Waals surface area contributed by atoms with Crippen molar-refractivity contribution in [3.63, 3.8) is 0 Å². The quantitative estimate of drug-likeness (QED) is 0.297. The summed E-state index contributed by atoms with van der Waals surface area (Å²) in [5.41, 5.74) is 0. The van der Waals surface area contributed by atoms with Crippen LogP contribution in [0.5, 0.6) is 0 Å². The van der Waals surface area contributed by atoms with E-state index in [0.29, 0.717) is 0 Å². The van der Waals surface area contributed by atoms with Crippen LogP contribution in [0.2, 0.25) is 0 Å². The fraction of sp³-hybridized carbons (Fsp3) is 0. The Kier molecular flexibility index (Phi) is 7.85. The lowest BCUT2D eigenvalue weighted by molar-refractivity contribution is -0.135. The van der Waals surface area contributed by atoms with Gasteiger partial charge in [0.25, 0.3) is 0 Å². The number of ether oxygens (including phenoxy) is 2. The van der Waals surface area contributed by atoms with Crippen molar-refractivity contribution >= 4 is 11.9 Å². The number of esters is 2. The Labute approximate surface area is 93.9 Å². The number of hydrogen-bond donors (Lipinski definition) is 0. The fourth-order valence-corrected chi connectivity index (χ4v) is 0.538. The predicted molar refractivity (Wildman–Crippen MR) is 60.0 cm³/mol. The van der Waals surface area contributed by atoms with E-state index in [4.69, 9.17) is 0 Å². The van der Waals surface area contributed by atoms with Gasteiger partial charge in [0, 0.05) is 12.2 Å². The molecule has 4 nitrogen and oxygen atoms in total. The van der Waals surface area contributed by atoms with Gasteiger partial charge < -0.3 is 9.47 Å². The normalized spacial score (nSPS) is 10.8. The third-order valence-corrected chi connectivity index (χ3v) is 1.15. The average molecular weight is 220 g/mol. The third kappa shape index (κ3) is 8.25. The number of hydrogen-bond acceptors (Lipinski definition) is 4. The molecule has 0 aromatic heterocycles. The summed E-state index contributed by atoms with van der Waals surface area (Å²) >= 11 is 0. The Balaban J connectivity index is 3.97. The molecule has 16 heavy (non-hydrogen) atoms. The smallest absolute Gasteiger partial charge is 0.335 e. The van der Waals surface area contributed by atoms with Gasteiger partial charge in [-0.05, 0) is 12.2 Å². The van der Waals surface area contributed by atoms with E-state index in [-0.39, 0.29) is 0 Å². The molecular formula is C12H12O4. The maximum absolute atomic E-state index is 10.9. The fourth-order valence-electron chi connectivity index (χ4n) is 0.538. The first-order chi connectivity index (χ1) is 7.70. The van der Waals surface area contributed by atoms with Gasteiger partial charge in [0.05, 0.1) is 12.5 Å². The van der Waals surface area contributed by atoms with Crippen LogP contribution < -0.4 is 0 Å². The summed E-state index contributed by atoms with van der Waals surface area (Å²) in [5, 5.41) is 0. The molecule has 0 saturated carbocycles. The van der Waals surface area contributed by atoms with E-state index in [9.17, 15) is 9.59 Å². The SMILES string of the molecule is C=CC=COC(=O)/C=C\C(=O)OC=CC=C. The Morgan fingerprint density at radius 2 is 1.19 bits per heavy atom. The molecule has 0 saturated heterocycles. The predicted octanol–water partition coefficient (Wildman–Crippen LogP) is 2.03. The molecule has 4 heteroatoms. The van der Waals surface area contributed by atoms with E-state index in [2.05, 4.69) is 22.6 Å². The first kappa shape index (κ1) is 13.6. The van der Waals surface area contributed by atoms with E-state index < -0.39 is 11.9 Å². The van der Waals surface area contributed by atoms with E-state index in [1.807, 2.05) is 0 Å². The summed E-state index contributed by atoms with van der Waals surface area (Å²) < 4.78 is 9.08. The summed E-state index contributed by atoms with van der Waals surface area (Å²) in [6.45, 7) is 6.78. The van der Waals surface area contributed by atoms with Crippen molar-refractivity contribution in [2.24, 2.45) is 0 Å². The molecule has 0 spiro atoms. The van der Waals surface area contributed by atoms with Gasteiger partial charge in [-0.25, -0.2) is 9.59 Å². The molecule has 0 aliphatic rings. The number of allylic oxidation sites excluding steroid dienone is 4. The monoisotopic (exact) mass is 220 g/mol.